The molecule has 0 aliphatic heterocycles. The Balaban J connectivity index is 2.44. The fourth-order valence-corrected chi connectivity index (χ4v) is 1.46. The molecule has 1 rings (SSSR count). The molecular formula is C14H18FNO4. The number of hydrogen-bond donors (Lipinski definition) is 2. The van der Waals surface area contributed by atoms with Crippen LogP contribution in [0.4, 0.5) is 4.39 Å². The molecule has 0 aliphatic carbocycles. The molecule has 0 atom stereocenters. The standard InChI is InChI=1S/C14H18FNO4/c1-9(2)5-6-16-13(17)8-20-10-3-4-11(14(18)19)12(15)7-10/h3-4,7,9H,5-6,8H2,1-2H3,(H,16,17)(H,18,19). The molecule has 0 saturated heterocycles. The summed E-state index contributed by atoms with van der Waals surface area (Å²) in [6.07, 6.45) is 0.869. The number of hydrogen-bond acceptors (Lipinski definition) is 3. The quantitative estimate of drug-likeness (QED) is 0.803. The minimum atomic E-state index is -1.35. The number of carbonyl (C=O) groups excluding carboxylic acids is 1. The number of ether oxygens (including phenoxy) is 1. The van der Waals surface area contributed by atoms with Gasteiger partial charge >= 0.3 is 5.97 Å². The SMILES string of the molecule is CC(C)CCNC(=O)COc1ccc(C(=O)O)c(F)c1. The molecule has 0 heterocycles. The Bertz CT molecular complexity index is 488. The van der Waals surface area contributed by atoms with Crippen LogP contribution < -0.4 is 10.1 Å². The van der Waals surface area contributed by atoms with Crippen LogP contribution in [0.3, 0.4) is 0 Å². The molecule has 5 nitrogen and oxygen atoms in total. The largest absolute Gasteiger partial charge is 0.484 e. The second kappa shape index (κ2) is 7.47. The molecule has 20 heavy (non-hydrogen) atoms. The lowest BCUT2D eigenvalue weighted by Crippen LogP contribution is -2.30. The lowest BCUT2D eigenvalue weighted by Gasteiger charge is -2.09. The first-order valence-corrected chi connectivity index (χ1v) is 6.32. The highest BCUT2D eigenvalue weighted by atomic mass is 19.1. The molecule has 0 fully saturated rings. The van der Waals surface area contributed by atoms with E-state index in [9.17, 15) is 14.0 Å². The highest BCUT2D eigenvalue weighted by molar-refractivity contribution is 5.88. The number of halogens is 1. The third-order valence-electron chi connectivity index (χ3n) is 2.58. The molecular weight excluding hydrogens is 265 g/mol. The van der Waals surface area contributed by atoms with Crippen molar-refractivity contribution in [2.75, 3.05) is 13.2 Å². The van der Waals surface area contributed by atoms with Gasteiger partial charge in [0.25, 0.3) is 5.91 Å². The number of carboxylic acids is 1. The molecule has 1 amide bonds. The number of aromatic carboxylic acids is 1. The first-order chi connectivity index (χ1) is 9.40. The van der Waals surface area contributed by atoms with Crippen molar-refractivity contribution >= 4 is 11.9 Å². The van der Waals surface area contributed by atoms with Crippen LogP contribution in [0.15, 0.2) is 18.2 Å². The highest BCUT2D eigenvalue weighted by Gasteiger charge is 2.11. The smallest absolute Gasteiger partial charge is 0.338 e. The van der Waals surface area contributed by atoms with Gasteiger partial charge in [-0.1, -0.05) is 13.8 Å². The van der Waals surface area contributed by atoms with E-state index in [0.29, 0.717) is 12.5 Å². The summed E-state index contributed by atoms with van der Waals surface area (Å²) in [5.41, 5.74) is -0.432. The van der Waals surface area contributed by atoms with Crippen LogP contribution in [-0.4, -0.2) is 30.1 Å². The molecule has 0 unspecified atom stereocenters. The van der Waals surface area contributed by atoms with E-state index in [1.807, 2.05) is 0 Å². The summed E-state index contributed by atoms with van der Waals surface area (Å²) in [6.45, 7) is 4.43. The molecule has 0 spiro atoms. The van der Waals surface area contributed by atoms with Crippen LogP contribution in [0.5, 0.6) is 5.75 Å². The average Bonchev–Trinajstić information content (AvgIpc) is 2.35. The zero-order valence-electron chi connectivity index (χ0n) is 11.5. The number of benzene rings is 1. The molecule has 0 aliphatic rings. The number of carbonyl (C=O) groups is 2. The zero-order valence-corrected chi connectivity index (χ0v) is 11.5. The molecule has 0 radical (unpaired) electrons. The van der Waals surface area contributed by atoms with Crippen LogP contribution in [0.2, 0.25) is 0 Å². The summed E-state index contributed by atoms with van der Waals surface area (Å²) >= 11 is 0. The van der Waals surface area contributed by atoms with Crippen molar-refractivity contribution in [3.63, 3.8) is 0 Å². The predicted molar refractivity (Wildman–Crippen MR) is 71.3 cm³/mol. The van der Waals surface area contributed by atoms with Crippen molar-refractivity contribution in [1.82, 2.24) is 5.32 Å². The van der Waals surface area contributed by atoms with Crippen LogP contribution in [0.1, 0.15) is 30.6 Å². The first kappa shape index (κ1) is 15.9. The predicted octanol–water partition coefficient (Wildman–Crippen LogP) is 2.07. The van der Waals surface area contributed by atoms with Crippen LogP contribution >= 0.6 is 0 Å². The van der Waals surface area contributed by atoms with Crippen molar-refractivity contribution in [3.8, 4) is 5.75 Å². The molecule has 110 valence electrons. The van der Waals surface area contributed by atoms with Gasteiger partial charge in [0.1, 0.15) is 11.6 Å². The van der Waals surface area contributed by atoms with E-state index in [4.69, 9.17) is 9.84 Å². The van der Waals surface area contributed by atoms with Crippen molar-refractivity contribution in [2.24, 2.45) is 5.92 Å². The van der Waals surface area contributed by atoms with Crippen molar-refractivity contribution in [2.45, 2.75) is 20.3 Å². The number of rotatable bonds is 7. The molecule has 2 N–H and O–H groups in total. The number of carboxylic acid groups (broad SMARTS) is 1. The Morgan fingerprint density at radius 1 is 1.40 bits per heavy atom. The Labute approximate surface area is 116 Å². The maximum atomic E-state index is 13.4. The van der Waals surface area contributed by atoms with Gasteiger partial charge in [-0.05, 0) is 24.5 Å². The summed E-state index contributed by atoms with van der Waals surface area (Å²) in [6, 6.07) is 3.36. The summed E-state index contributed by atoms with van der Waals surface area (Å²) in [7, 11) is 0. The van der Waals surface area contributed by atoms with E-state index < -0.39 is 17.3 Å². The minimum absolute atomic E-state index is 0.117. The average molecular weight is 283 g/mol. The first-order valence-electron chi connectivity index (χ1n) is 6.32. The maximum absolute atomic E-state index is 13.4. The summed E-state index contributed by atoms with van der Waals surface area (Å²) in [5, 5.41) is 11.3. The van der Waals surface area contributed by atoms with Gasteiger partial charge < -0.3 is 15.2 Å². The van der Waals surface area contributed by atoms with Gasteiger partial charge in [-0.25, -0.2) is 9.18 Å². The van der Waals surface area contributed by atoms with E-state index in [-0.39, 0.29) is 18.3 Å². The fraction of sp³-hybridized carbons (Fsp3) is 0.429. The normalized spacial score (nSPS) is 10.4. The number of nitrogens with one attached hydrogen (secondary N) is 1. The van der Waals surface area contributed by atoms with E-state index >= 15 is 0 Å². The van der Waals surface area contributed by atoms with Gasteiger partial charge in [-0.15, -0.1) is 0 Å². The van der Waals surface area contributed by atoms with Crippen molar-refractivity contribution in [1.29, 1.82) is 0 Å². The number of amides is 1. The summed E-state index contributed by atoms with van der Waals surface area (Å²) < 4.78 is 18.5. The van der Waals surface area contributed by atoms with E-state index in [1.54, 1.807) is 0 Å². The van der Waals surface area contributed by atoms with Crippen molar-refractivity contribution < 1.29 is 23.8 Å². The van der Waals surface area contributed by atoms with Crippen LogP contribution in [0.25, 0.3) is 0 Å². The van der Waals surface area contributed by atoms with E-state index in [0.717, 1.165) is 18.6 Å². The Morgan fingerprint density at radius 2 is 2.10 bits per heavy atom. The van der Waals surface area contributed by atoms with Crippen molar-refractivity contribution in [3.05, 3.63) is 29.6 Å². The Hall–Kier alpha value is -2.11. The maximum Gasteiger partial charge on any atom is 0.338 e. The van der Waals surface area contributed by atoms with Gasteiger partial charge in [0.15, 0.2) is 6.61 Å². The van der Waals surface area contributed by atoms with Gasteiger partial charge in [-0.2, -0.15) is 0 Å². The highest BCUT2D eigenvalue weighted by Crippen LogP contribution is 2.16. The molecule has 1 aromatic carbocycles. The third kappa shape index (κ3) is 5.26. The lowest BCUT2D eigenvalue weighted by atomic mass is 10.1. The summed E-state index contributed by atoms with van der Waals surface area (Å²) in [5.74, 6) is -1.93. The Morgan fingerprint density at radius 3 is 2.65 bits per heavy atom. The van der Waals surface area contributed by atoms with Gasteiger partial charge in [0, 0.05) is 12.6 Å². The summed E-state index contributed by atoms with van der Waals surface area (Å²) in [4.78, 5) is 22.1. The molecule has 1 aromatic rings. The monoisotopic (exact) mass is 283 g/mol. The molecule has 0 bridgehead atoms. The van der Waals surface area contributed by atoms with Gasteiger partial charge in [0.2, 0.25) is 0 Å². The lowest BCUT2D eigenvalue weighted by molar-refractivity contribution is -0.123. The third-order valence-corrected chi connectivity index (χ3v) is 2.58. The van der Waals surface area contributed by atoms with Gasteiger partial charge in [-0.3, -0.25) is 4.79 Å². The fourth-order valence-electron chi connectivity index (χ4n) is 1.46. The van der Waals surface area contributed by atoms with Crippen LogP contribution in [0, 0.1) is 11.7 Å². The van der Waals surface area contributed by atoms with Crippen LogP contribution in [-0.2, 0) is 4.79 Å². The second-order valence-corrected chi connectivity index (χ2v) is 4.77. The van der Waals surface area contributed by atoms with Gasteiger partial charge in [0.05, 0.1) is 5.56 Å². The van der Waals surface area contributed by atoms with E-state index in [1.165, 1.54) is 6.07 Å². The molecule has 0 saturated carbocycles. The Kier molecular flexibility index (Phi) is 5.96. The minimum Gasteiger partial charge on any atom is -0.484 e. The molecule has 0 aromatic heterocycles. The topological polar surface area (TPSA) is 75.6 Å². The zero-order chi connectivity index (χ0) is 15.1. The second-order valence-electron chi connectivity index (χ2n) is 4.77. The molecule has 6 heteroatoms. The van der Waals surface area contributed by atoms with E-state index in [2.05, 4.69) is 19.2 Å².